The molecule has 12 heteroatoms. The first-order chi connectivity index (χ1) is 17.0. The van der Waals surface area contributed by atoms with Crippen molar-refractivity contribution in [1.82, 2.24) is 24.4 Å². The second-order valence-corrected chi connectivity index (χ2v) is 9.11. The van der Waals surface area contributed by atoms with Gasteiger partial charge in [-0.15, -0.1) is 0 Å². The lowest BCUT2D eigenvalue weighted by atomic mass is 9.87. The first-order valence-corrected chi connectivity index (χ1v) is 11.9. The van der Waals surface area contributed by atoms with Crippen molar-refractivity contribution in [3.8, 4) is 0 Å². The van der Waals surface area contributed by atoms with E-state index in [1.807, 2.05) is 6.07 Å². The molecule has 0 radical (unpaired) electrons. The minimum atomic E-state index is -2.83. The molecule has 1 saturated carbocycles. The number of amides is 1. The first-order valence-electron chi connectivity index (χ1n) is 11.9. The fraction of sp³-hybridized carbons (Fsp3) is 0.565. The molecule has 0 unspecified atom stereocenters. The van der Waals surface area contributed by atoms with Gasteiger partial charge in [-0.1, -0.05) is 0 Å². The number of aliphatic hydroxyl groups is 1. The van der Waals surface area contributed by atoms with Crippen LogP contribution in [0.5, 0.6) is 0 Å². The summed E-state index contributed by atoms with van der Waals surface area (Å²) in [6.07, 6.45) is 4.96. The second-order valence-electron chi connectivity index (χ2n) is 9.11. The van der Waals surface area contributed by atoms with Gasteiger partial charge in [-0.3, -0.25) is 9.48 Å². The molecule has 1 saturated heterocycles. The average molecular weight is 490 g/mol. The van der Waals surface area contributed by atoms with E-state index in [0.717, 1.165) is 25.7 Å². The molecular weight excluding hydrogens is 460 g/mol. The van der Waals surface area contributed by atoms with Crippen LogP contribution in [0.2, 0.25) is 0 Å². The normalized spacial score (nSPS) is 21.1. The maximum Gasteiger partial charge on any atom is 0.284 e. The topological polar surface area (TPSA) is 101 Å². The van der Waals surface area contributed by atoms with Crippen molar-refractivity contribution in [2.24, 2.45) is 5.92 Å². The summed E-state index contributed by atoms with van der Waals surface area (Å²) < 4.78 is 36.3. The number of aromatic nitrogens is 5. The van der Waals surface area contributed by atoms with E-state index in [0.29, 0.717) is 37.8 Å². The number of hydrogen-bond donors (Lipinski definition) is 1. The third-order valence-corrected chi connectivity index (χ3v) is 6.98. The van der Waals surface area contributed by atoms with Crippen molar-refractivity contribution in [3.05, 3.63) is 35.9 Å². The molecule has 10 nitrogen and oxygen atoms in total. The highest BCUT2D eigenvalue weighted by molar-refractivity contribution is 6.09. The molecule has 0 atom stereocenters. The van der Waals surface area contributed by atoms with E-state index in [-0.39, 0.29) is 29.8 Å². The second kappa shape index (κ2) is 9.86. The monoisotopic (exact) mass is 489 g/mol. The van der Waals surface area contributed by atoms with E-state index in [1.54, 1.807) is 10.9 Å². The van der Waals surface area contributed by atoms with Gasteiger partial charge in [0.2, 0.25) is 0 Å². The highest BCUT2D eigenvalue weighted by Crippen LogP contribution is 2.36. The van der Waals surface area contributed by atoms with E-state index in [1.165, 1.54) is 28.9 Å². The number of carbonyl (C=O) groups excluding carboxylic acids is 1. The lowest BCUT2D eigenvalue weighted by Gasteiger charge is -2.27. The number of fused-ring (bicyclic) bond motifs is 1. The molecular formula is C23H29F2N7O3. The van der Waals surface area contributed by atoms with Gasteiger partial charge >= 0.3 is 0 Å². The molecule has 3 aromatic rings. The molecule has 5 rings (SSSR count). The van der Waals surface area contributed by atoms with Crippen molar-refractivity contribution in [2.45, 2.75) is 38.2 Å². The quantitative estimate of drug-likeness (QED) is 0.568. The van der Waals surface area contributed by atoms with E-state index < -0.39 is 18.0 Å². The fourth-order valence-corrected chi connectivity index (χ4v) is 4.86. The van der Waals surface area contributed by atoms with Crippen LogP contribution in [0.4, 0.5) is 20.3 Å². The molecule has 4 heterocycles. The van der Waals surface area contributed by atoms with Crippen molar-refractivity contribution in [2.75, 3.05) is 49.8 Å². The van der Waals surface area contributed by atoms with Gasteiger partial charge in [0.25, 0.3) is 12.3 Å². The Balaban J connectivity index is 1.42. The van der Waals surface area contributed by atoms with Gasteiger partial charge in [-0.2, -0.15) is 10.2 Å². The van der Waals surface area contributed by atoms with Crippen molar-refractivity contribution < 1.29 is 23.4 Å². The van der Waals surface area contributed by atoms with Crippen LogP contribution < -0.4 is 9.80 Å². The van der Waals surface area contributed by atoms with Crippen LogP contribution in [-0.4, -0.2) is 75.4 Å². The lowest BCUT2D eigenvalue weighted by molar-refractivity contribution is 0.0992. The number of carbonyl (C=O) groups is 1. The Bertz CT molecular complexity index is 1180. The number of halogens is 2. The number of morpholine rings is 1. The van der Waals surface area contributed by atoms with Gasteiger partial charge in [0.05, 0.1) is 31.1 Å². The van der Waals surface area contributed by atoms with E-state index in [9.17, 15) is 18.7 Å². The van der Waals surface area contributed by atoms with Crippen LogP contribution >= 0.6 is 0 Å². The zero-order chi connectivity index (χ0) is 24.5. The maximum absolute atomic E-state index is 13.9. The molecule has 188 valence electrons. The van der Waals surface area contributed by atoms with Gasteiger partial charge < -0.3 is 19.6 Å². The number of rotatable bonds is 6. The predicted octanol–water partition coefficient (Wildman–Crippen LogP) is 2.70. The Labute approximate surface area is 201 Å². The fourth-order valence-electron chi connectivity index (χ4n) is 4.86. The molecule has 2 fully saturated rings. The van der Waals surface area contributed by atoms with Gasteiger partial charge in [-0.05, 0) is 37.7 Å². The molecule has 35 heavy (non-hydrogen) atoms. The molecule has 2 aliphatic rings. The number of alkyl halides is 2. The van der Waals surface area contributed by atoms with Gasteiger partial charge in [0, 0.05) is 39.1 Å². The first kappa shape index (κ1) is 23.6. The summed E-state index contributed by atoms with van der Waals surface area (Å²) in [5.41, 5.74) is 0.222. The maximum atomic E-state index is 13.9. The molecule has 1 aliphatic carbocycles. The van der Waals surface area contributed by atoms with Crippen molar-refractivity contribution in [3.63, 3.8) is 0 Å². The summed E-state index contributed by atoms with van der Waals surface area (Å²) >= 11 is 0. The van der Waals surface area contributed by atoms with E-state index in [2.05, 4.69) is 20.1 Å². The summed E-state index contributed by atoms with van der Waals surface area (Å²) in [6.45, 7) is 2.72. The lowest BCUT2D eigenvalue weighted by Crippen LogP contribution is -2.36. The largest absolute Gasteiger partial charge is 0.396 e. The summed E-state index contributed by atoms with van der Waals surface area (Å²) in [6, 6.07) is 1.79. The van der Waals surface area contributed by atoms with Crippen LogP contribution in [0.15, 0.2) is 24.7 Å². The average Bonchev–Trinajstić information content (AvgIpc) is 3.53. The molecule has 3 aromatic heterocycles. The van der Waals surface area contributed by atoms with Gasteiger partial charge in [0.15, 0.2) is 11.3 Å². The van der Waals surface area contributed by atoms with E-state index in [4.69, 9.17) is 4.74 Å². The number of ether oxygens (including phenoxy) is 1. The molecule has 1 aliphatic heterocycles. The predicted molar refractivity (Wildman–Crippen MR) is 124 cm³/mol. The Hall–Kier alpha value is -3.12. The van der Waals surface area contributed by atoms with Crippen LogP contribution in [-0.2, 0) is 4.74 Å². The summed E-state index contributed by atoms with van der Waals surface area (Å²) in [7, 11) is 1.47. The van der Waals surface area contributed by atoms with Gasteiger partial charge in [-0.25, -0.2) is 18.3 Å². The number of anilines is 2. The molecule has 1 amide bonds. The van der Waals surface area contributed by atoms with Gasteiger partial charge in [0.1, 0.15) is 11.4 Å². The number of nitrogens with zero attached hydrogens (tertiary/aromatic N) is 7. The third-order valence-electron chi connectivity index (χ3n) is 6.98. The Morgan fingerprint density at radius 3 is 2.69 bits per heavy atom. The number of aliphatic hydroxyl groups excluding tert-OH is 1. The number of hydrogen-bond acceptors (Lipinski definition) is 7. The molecule has 0 spiro atoms. The summed E-state index contributed by atoms with van der Waals surface area (Å²) in [4.78, 5) is 21.3. The molecule has 0 bridgehead atoms. The molecule has 0 aromatic carbocycles. The van der Waals surface area contributed by atoms with Crippen molar-refractivity contribution in [1.29, 1.82) is 0 Å². The third kappa shape index (κ3) is 4.59. The minimum Gasteiger partial charge on any atom is -0.396 e. The van der Waals surface area contributed by atoms with Crippen LogP contribution in [0, 0.1) is 5.92 Å². The summed E-state index contributed by atoms with van der Waals surface area (Å²) in [5, 5.41) is 17.8. The highest BCUT2D eigenvalue weighted by atomic mass is 19.3. The van der Waals surface area contributed by atoms with Crippen LogP contribution in [0.25, 0.3) is 5.65 Å². The Morgan fingerprint density at radius 2 is 2.00 bits per heavy atom. The highest BCUT2D eigenvalue weighted by Gasteiger charge is 2.30. The van der Waals surface area contributed by atoms with Crippen LogP contribution in [0.1, 0.15) is 54.2 Å². The standard InChI is InChI=1S/C23H29F2N7O3/c1-29(18-13-32(28-20(18)21(24)25)16-4-2-15(14-33)3-5-16)23(34)17-12-26-31-7-6-19(27-22(17)31)30-8-10-35-11-9-30/h6-7,12-13,15-16,21,33H,2-5,8-11,14H2,1H3/t15-,16-. The Morgan fingerprint density at radius 1 is 1.26 bits per heavy atom. The van der Waals surface area contributed by atoms with Crippen molar-refractivity contribution >= 4 is 23.1 Å². The SMILES string of the molecule is CN(C(=O)c1cnn2ccc(N3CCOCC3)nc12)c1cn([C@H]2CC[C@H](CO)CC2)nc1C(F)F. The molecule has 1 N–H and O–H groups in total. The van der Waals surface area contributed by atoms with Crippen LogP contribution in [0.3, 0.4) is 0 Å². The zero-order valence-electron chi connectivity index (χ0n) is 19.6. The summed E-state index contributed by atoms with van der Waals surface area (Å²) in [5.74, 6) is 0.459. The zero-order valence-corrected chi connectivity index (χ0v) is 19.6. The minimum absolute atomic E-state index is 0.0396. The Kier molecular flexibility index (Phi) is 6.65. The smallest absolute Gasteiger partial charge is 0.284 e. The van der Waals surface area contributed by atoms with E-state index >= 15 is 0 Å².